The monoisotopic (exact) mass is 287 g/mol. The molecule has 1 saturated carbocycles. The van der Waals surface area contributed by atoms with E-state index >= 15 is 0 Å². The van der Waals surface area contributed by atoms with Gasteiger partial charge in [-0.2, -0.15) is 5.26 Å². The number of aliphatic hydroxyl groups excluding tert-OH is 1. The van der Waals surface area contributed by atoms with Crippen molar-refractivity contribution in [3.8, 4) is 11.8 Å². The first-order valence-corrected chi connectivity index (χ1v) is 7.83. The van der Waals surface area contributed by atoms with E-state index in [-0.39, 0.29) is 6.10 Å². The largest absolute Gasteiger partial charge is 0.491 e. The predicted molar refractivity (Wildman–Crippen MR) is 82.8 cm³/mol. The molecule has 0 spiro atoms. The average Bonchev–Trinajstić information content (AvgIpc) is 2.46. The number of benzene rings is 1. The molecule has 114 valence electrons. The smallest absolute Gasteiger partial charge is 0.119 e. The molecule has 0 saturated heterocycles. The van der Waals surface area contributed by atoms with Crippen molar-refractivity contribution in [1.82, 2.24) is 0 Å². The molecule has 0 bridgehead atoms. The molecule has 21 heavy (non-hydrogen) atoms. The second-order valence-electron chi connectivity index (χ2n) is 6.61. The van der Waals surface area contributed by atoms with Gasteiger partial charge < -0.3 is 9.84 Å². The Balaban J connectivity index is 2.18. The summed E-state index contributed by atoms with van der Waals surface area (Å²) in [7, 11) is 0. The summed E-state index contributed by atoms with van der Waals surface area (Å²) in [6.45, 7) is 6.13. The summed E-state index contributed by atoms with van der Waals surface area (Å²) < 4.78 is 5.62. The van der Waals surface area contributed by atoms with Gasteiger partial charge in [0, 0.05) is 0 Å². The summed E-state index contributed by atoms with van der Waals surface area (Å²) in [5.74, 6) is 1.29. The molecule has 3 atom stereocenters. The Morgan fingerprint density at radius 3 is 2.52 bits per heavy atom. The lowest BCUT2D eigenvalue weighted by atomic mass is 9.66. The Labute approximate surface area is 127 Å². The van der Waals surface area contributed by atoms with Crippen molar-refractivity contribution in [2.45, 2.75) is 58.7 Å². The molecule has 0 heterocycles. The fourth-order valence-corrected chi connectivity index (χ4v) is 3.32. The highest BCUT2D eigenvalue weighted by molar-refractivity contribution is 5.31. The minimum Gasteiger partial charge on any atom is -0.491 e. The topological polar surface area (TPSA) is 53.2 Å². The minimum absolute atomic E-state index is 0.130. The number of nitrogens with zero attached hydrogens (tertiary/aromatic N) is 1. The van der Waals surface area contributed by atoms with Crippen LogP contribution in [0.5, 0.6) is 5.75 Å². The van der Waals surface area contributed by atoms with Gasteiger partial charge in [0.2, 0.25) is 0 Å². The molecule has 1 fully saturated rings. The summed E-state index contributed by atoms with van der Waals surface area (Å²) in [5, 5.41) is 20.4. The number of aliphatic hydroxyl groups is 1. The molecule has 3 nitrogen and oxygen atoms in total. The quantitative estimate of drug-likeness (QED) is 0.901. The van der Waals surface area contributed by atoms with Crippen LogP contribution in [0.2, 0.25) is 0 Å². The van der Waals surface area contributed by atoms with Gasteiger partial charge in [0.1, 0.15) is 5.75 Å². The van der Waals surface area contributed by atoms with Gasteiger partial charge in [0.15, 0.2) is 0 Å². The summed E-state index contributed by atoms with van der Waals surface area (Å²) in [5.41, 5.74) is 0.166. The molecule has 1 aliphatic carbocycles. The SMILES string of the molecule is CC1CCCC(C#N)(C(O)c2ccc(OC(C)C)cc2)C1. The second-order valence-corrected chi connectivity index (χ2v) is 6.61. The summed E-state index contributed by atoms with van der Waals surface area (Å²) in [4.78, 5) is 0. The van der Waals surface area contributed by atoms with Crippen molar-refractivity contribution in [3.05, 3.63) is 29.8 Å². The molecule has 2 rings (SSSR count). The maximum Gasteiger partial charge on any atom is 0.119 e. The average molecular weight is 287 g/mol. The van der Waals surface area contributed by atoms with Crippen LogP contribution in [0.25, 0.3) is 0 Å². The van der Waals surface area contributed by atoms with Crippen LogP contribution in [0.15, 0.2) is 24.3 Å². The van der Waals surface area contributed by atoms with Crippen LogP contribution in [0.4, 0.5) is 0 Å². The molecule has 1 aromatic rings. The lowest BCUT2D eigenvalue weighted by molar-refractivity contribution is 0.0219. The number of nitriles is 1. The standard InChI is InChI=1S/C18H25NO2/c1-13(2)21-16-8-6-15(7-9-16)17(20)18(12-19)10-4-5-14(3)11-18/h6-9,13-14,17,20H,4-5,10-11H2,1-3H3. The lowest BCUT2D eigenvalue weighted by Crippen LogP contribution is -2.32. The van der Waals surface area contributed by atoms with Gasteiger partial charge in [-0.25, -0.2) is 0 Å². The fraction of sp³-hybridized carbons (Fsp3) is 0.611. The molecule has 0 radical (unpaired) electrons. The Morgan fingerprint density at radius 1 is 1.33 bits per heavy atom. The van der Waals surface area contributed by atoms with Crippen LogP contribution < -0.4 is 4.74 Å². The van der Waals surface area contributed by atoms with E-state index in [4.69, 9.17) is 4.74 Å². The van der Waals surface area contributed by atoms with Gasteiger partial charge in [0.05, 0.1) is 23.7 Å². The zero-order valence-corrected chi connectivity index (χ0v) is 13.2. The van der Waals surface area contributed by atoms with Crippen LogP contribution in [-0.2, 0) is 0 Å². The van der Waals surface area contributed by atoms with Gasteiger partial charge in [-0.15, -0.1) is 0 Å². The van der Waals surface area contributed by atoms with E-state index in [1.165, 1.54) is 0 Å². The number of hydrogen-bond donors (Lipinski definition) is 1. The molecule has 0 aromatic heterocycles. The van der Waals surface area contributed by atoms with Crippen LogP contribution in [0.1, 0.15) is 58.1 Å². The molecular formula is C18H25NO2. The van der Waals surface area contributed by atoms with E-state index in [0.717, 1.165) is 37.0 Å². The third-order valence-electron chi connectivity index (χ3n) is 4.35. The zero-order chi connectivity index (χ0) is 15.5. The third kappa shape index (κ3) is 3.57. The van der Waals surface area contributed by atoms with Gasteiger partial charge in [-0.1, -0.05) is 31.9 Å². The number of ether oxygens (including phenoxy) is 1. The van der Waals surface area contributed by atoms with Gasteiger partial charge in [-0.05, 0) is 50.3 Å². The number of hydrogen-bond acceptors (Lipinski definition) is 3. The van der Waals surface area contributed by atoms with Crippen molar-refractivity contribution in [2.24, 2.45) is 11.3 Å². The third-order valence-corrected chi connectivity index (χ3v) is 4.35. The van der Waals surface area contributed by atoms with Crippen molar-refractivity contribution >= 4 is 0 Å². The summed E-state index contributed by atoms with van der Waals surface area (Å²) in [6, 6.07) is 9.90. The van der Waals surface area contributed by atoms with Crippen LogP contribution >= 0.6 is 0 Å². The Hall–Kier alpha value is -1.53. The summed E-state index contributed by atoms with van der Waals surface area (Å²) >= 11 is 0. The molecule has 0 aliphatic heterocycles. The van der Waals surface area contributed by atoms with Crippen LogP contribution in [-0.4, -0.2) is 11.2 Å². The molecule has 1 N–H and O–H groups in total. The van der Waals surface area contributed by atoms with Crippen molar-refractivity contribution < 1.29 is 9.84 Å². The molecule has 0 amide bonds. The Bertz CT molecular complexity index is 503. The molecular weight excluding hydrogens is 262 g/mol. The van der Waals surface area contributed by atoms with Crippen LogP contribution in [0, 0.1) is 22.7 Å². The normalized spacial score (nSPS) is 27.1. The van der Waals surface area contributed by atoms with E-state index in [1.54, 1.807) is 0 Å². The van der Waals surface area contributed by atoms with Crippen molar-refractivity contribution in [2.75, 3.05) is 0 Å². The summed E-state index contributed by atoms with van der Waals surface area (Å²) in [6.07, 6.45) is 3.12. The van der Waals surface area contributed by atoms with E-state index in [1.807, 2.05) is 38.1 Å². The highest BCUT2D eigenvalue weighted by atomic mass is 16.5. The second kappa shape index (κ2) is 6.49. The first-order chi connectivity index (χ1) is 9.97. The van der Waals surface area contributed by atoms with Crippen molar-refractivity contribution in [3.63, 3.8) is 0 Å². The van der Waals surface area contributed by atoms with E-state index in [2.05, 4.69) is 13.0 Å². The van der Waals surface area contributed by atoms with Crippen molar-refractivity contribution in [1.29, 1.82) is 5.26 Å². The fourth-order valence-electron chi connectivity index (χ4n) is 3.32. The van der Waals surface area contributed by atoms with Gasteiger partial charge >= 0.3 is 0 Å². The Kier molecular flexibility index (Phi) is 4.90. The van der Waals surface area contributed by atoms with Gasteiger partial charge in [0.25, 0.3) is 0 Å². The van der Waals surface area contributed by atoms with E-state index in [0.29, 0.717) is 5.92 Å². The van der Waals surface area contributed by atoms with Crippen LogP contribution in [0.3, 0.4) is 0 Å². The number of rotatable bonds is 4. The predicted octanol–water partition coefficient (Wildman–Crippen LogP) is 4.23. The zero-order valence-electron chi connectivity index (χ0n) is 13.2. The maximum atomic E-state index is 10.7. The lowest BCUT2D eigenvalue weighted by Gasteiger charge is -2.38. The molecule has 3 heteroatoms. The van der Waals surface area contributed by atoms with E-state index < -0.39 is 11.5 Å². The molecule has 1 aromatic carbocycles. The molecule has 1 aliphatic rings. The highest BCUT2D eigenvalue weighted by Gasteiger charge is 2.42. The molecule has 3 unspecified atom stereocenters. The Morgan fingerprint density at radius 2 is 2.00 bits per heavy atom. The van der Waals surface area contributed by atoms with Gasteiger partial charge in [-0.3, -0.25) is 0 Å². The first-order valence-electron chi connectivity index (χ1n) is 7.83. The van der Waals surface area contributed by atoms with E-state index in [9.17, 15) is 10.4 Å². The highest BCUT2D eigenvalue weighted by Crippen LogP contribution is 2.47. The first kappa shape index (κ1) is 15.9. The maximum absolute atomic E-state index is 10.7. The minimum atomic E-state index is -0.724.